The molecule has 0 fully saturated rings. The topological polar surface area (TPSA) is 122 Å². The van der Waals surface area contributed by atoms with Gasteiger partial charge in [0.15, 0.2) is 5.65 Å². The first-order valence-corrected chi connectivity index (χ1v) is 12.7. The maximum Gasteiger partial charge on any atom is 0.347 e. The number of rotatable bonds is 7. The van der Waals surface area contributed by atoms with Crippen molar-refractivity contribution in [3.05, 3.63) is 112 Å². The second kappa shape index (κ2) is 9.88. The maximum atomic E-state index is 14.1. The second-order valence-corrected chi connectivity index (χ2v) is 9.81. The molecule has 0 saturated carbocycles. The van der Waals surface area contributed by atoms with Crippen molar-refractivity contribution < 1.29 is 13.6 Å². The number of benzene rings is 2. The lowest BCUT2D eigenvalue weighted by Gasteiger charge is -2.20. The van der Waals surface area contributed by atoms with Gasteiger partial charge in [0.25, 0.3) is 0 Å². The van der Waals surface area contributed by atoms with Gasteiger partial charge in [-0.15, -0.1) is 0 Å². The molecule has 2 aromatic carbocycles. The Balaban J connectivity index is 1.59. The van der Waals surface area contributed by atoms with Gasteiger partial charge in [-0.1, -0.05) is 30.3 Å². The average molecular weight is 539 g/mol. The Hall–Kier alpha value is -5.12. The molecule has 0 aliphatic heterocycles. The van der Waals surface area contributed by atoms with Gasteiger partial charge in [0.1, 0.15) is 11.6 Å². The van der Waals surface area contributed by atoms with Crippen LogP contribution >= 0.6 is 0 Å². The van der Waals surface area contributed by atoms with Crippen LogP contribution < -0.4 is 11.4 Å². The molecule has 6 aromatic rings. The molecule has 1 amide bonds. The lowest BCUT2D eigenvalue weighted by molar-refractivity contribution is -0.118. The quantitative estimate of drug-likeness (QED) is 0.264. The Morgan fingerprint density at radius 1 is 1.00 bits per heavy atom. The van der Waals surface area contributed by atoms with E-state index in [-0.39, 0.29) is 18.5 Å². The van der Waals surface area contributed by atoms with Gasteiger partial charge in [0.05, 0.1) is 16.7 Å². The van der Waals surface area contributed by atoms with Crippen LogP contribution in [0.1, 0.15) is 29.3 Å². The average Bonchev–Trinajstić information content (AvgIpc) is 3.51. The van der Waals surface area contributed by atoms with Crippen molar-refractivity contribution in [1.82, 2.24) is 24.6 Å². The minimum atomic E-state index is -0.713. The summed E-state index contributed by atoms with van der Waals surface area (Å²) < 4.78 is 29.6. The number of amides is 1. The van der Waals surface area contributed by atoms with Crippen molar-refractivity contribution >= 4 is 22.6 Å². The summed E-state index contributed by atoms with van der Waals surface area (Å²) in [4.78, 5) is 33.2. The molecule has 0 aliphatic carbocycles. The summed E-state index contributed by atoms with van der Waals surface area (Å²) in [6, 6.07) is 20.4. The number of carbonyl (C=O) groups is 1. The number of nitrogens with zero attached hydrogens (tertiary/aromatic N) is 3. The van der Waals surface area contributed by atoms with Gasteiger partial charge in [0, 0.05) is 40.9 Å². The number of hydrogen-bond acceptors (Lipinski definition) is 4. The van der Waals surface area contributed by atoms with Gasteiger partial charge in [-0.25, -0.2) is 23.1 Å². The van der Waals surface area contributed by atoms with Crippen LogP contribution in [0.25, 0.3) is 39.1 Å². The Morgan fingerprint density at radius 3 is 2.48 bits per heavy atom. The highest BCUT2D eigenvalue weighted by Crippen LogP contribution is 2.37. The van der Waals surface area contributed by atoms with Gasteiger partial charge in [-0.2, -0.15) is 5.10 Å². The summed E-state index contributed by atoms with van der Waals surface area (Å²) in [5, 5.41) is 6.50. The highest BCUT2D eigenvalue weighted by molar-refractivity contribution is 5.88. The van der Waals surface area contributed by atoms with Crippen molar-refractivity contribution in [3.63, 3.8) is 0 Å². The first-order chi connectivity index (χ1) is 19.3. The van der Waals surface area contributed by atoms with Crippen LogP contribution in [0.15, 0.2) is 77.6 Å². The Bertz CT molecular complexity index is 1940. The van der Waals surface area contributed by atoms with Crippen LogP contribution in [0.3, 0.4) is 0 Å². The molecule has 0 bridgehead atoms. The van der Waals surface area contributed by atoms with E-state index < -0.39 is 23.5 Å². The first kappa shape index (κ1) is 25.2. The molecule has 0 unspecified atom stereocenters. The lowest BCUT2D eigenvalue weighted by Crippen LogP contribution is -2.19. The summed E-state index contributed by atoms with van der Waals surface area (Å²) >= 11 is 0. The van der Waals surface area contributed by atoms with Crippen molar-refractivity contribution in [2.75, 3.05) is 0 Å². The van der Waals surface area contributed by atoms with E-state index >= 15 is 0 Å². The summed E-state index contributed by atoms with van der Waals surface area (Å²) in [5.74, 6) is -2.61. The van der Waals surface area contributed by atoms with Gasteiger partial charge in [-0.05, 0) is 60.9 Å². The molecule has 0 saturated heterocycles. The van der Waals surface area contributed by atoms with Gasteiger partial charge >= 0.3 is 5.69 Å². The number of primary amides is 1. The number of nitrogens with one attached hydrogen (secondary N) is 2. The lowest BCUT2D eigenvalue weighted by atomic mass is 9.87. The van der Waals surface area contributed by atoms with Gasteiger partial charge < -0.3 is 10.7 Å². The number of aromatic amines is 2. The molecular formula is C30H24F2N6O2. The number of carbonyl (C=O) groups excluding carboxylic acids is 1. The summed E-state index contributed by atoms with van der Waals surface area (Å²) in [6.45, 7) is 1.79. The van der Waals surface area contributed by atoms with E-state index in [1.54, 1.807) is 13.0 Å². The fraction of sp³-hybridized carbons (Fsp3) is 0.133. The highest BCUT2D eigenvalue weighted by Gasteiger charge is 2.25. The van der Waals surface area contributed by atoms with Crippen LogP contribution in [-0.4, -0.2) is 30.5 Å². The van der Waals surface area contributed by atoms with E-state index in [4.69, 9.17) is 10.7 Å². The highest BCUT2D eigenvalue weighted by atomic mass is 19.1. The SMILES string of the molecule is Cc1c(-c2cc3[nH]c(-c4ccccc4)cc3nc2[C@H](CC(N)=O)Cc2cc(F)cc(F)c2)ccc2n[nH]c(=O)n12. The Labute approximate surface area is 226 Å². The van der Waals surface area contributed by atoms with Crippen LogP contribution in [0.5, 0.6) is 0 Å². The standard InChI is InChI=1S/C30H24F2N6O2/c1-16-22(7-8-28-36-37-30(40)38(16)28)23-14-25-26(15-24(34-25)18-5-3-2-4-6-18)35-29(23)19(12-27(33)39)9-17-10-20(31)13-21(32)11-17/h2-8,10-11,13-15,19,34H,9,12H2,1H3,(H2,33,39)(H,37,40)/t19-/m0/s1. The van der Waals surface area contributed by atoms with Gasteiger partial charge in [0.2, 0.25) is 5.91 Å². The molecule has 40 heavy (non-hydrogen) atoms. The van der Waals surface area contributed by atoms with Crippen molar-refractivity contribution in [1.29, 1.82) is 0 Å². The first-order valence-electron chi connectivity index (χ1n) is 12.7. The third kappa shape index (κ3) is 4.64. The van der Waals surface area contributed by atoms with Crippen molar-refractivity contribution in [3.8, 4) is 22.4 Å². The van der Waals surface area contributed by atoms with E-state index in [0.29, 0.717) is 39.2 Å². The maximum absolute atomic E-state index is 14.1. The molecule has 6 rings (SSSR count). The predicted molar refractivity (Wildman–Crippen MR) is 148 cm³/mol. The third-order valence-electron chi connectivity index (χ3n) is 7.07. The molecule has 10 heteroatoms. The molecule has 200 valence electrons. The van der Waals surface area contributed by atoms with E-state index in [1.807, 2.05) is 48.5 Å². The number of aromatic nitrogens is 5. The molecule has 4 aromatic heterocycles. The summed E-state index contributed by atoms with van der Waals surface area (Å²) in [5.41, 5.74) is 11.8. The zero-order chi connectivity index (χ0) is 28.0. The third-order valence-corrected chi connectivity index (χ3v) is 7.07. The molecule has 0 spiro atoms. The number of aryl methyl sites for hydroxylation is 1. The normalized spacial score (nSPS) is 12.3. The van der Waals surface area contributed by atoms with Crippen molar-refractivity contribution in [2.45, 2.75) is 25.7 Å². The van der Waals surface area contributed by atoms with Crippen LogP contribution in [0.2, 0.25) is 0 Å². The summed E-state index contributed by atoms with van der Waals surface area (Å²) in [7, 11) is 0. The molecule has 1 atom stereocenters. The fourth-order valence-corrected chi connectivity index (χ4v) is 5.32. The number of nitrogens with two attached hydrogens (primary N) is 1. The predicted octanol–water partition coefficient (Wildman–Crippen LogP) is 5.02. The Morgan fingerprint density at radius 2 is 1.75 bits per heavy atom. The monoisotopic (exact) mass is 538 g/mol. The molecular weight excluding hydrogens is 514 g/mol. The fourth-order valence-electron chi connectivity index (χ4n) is 5.32. The van der Waals surface area contributed by atoms with E-state index in [0.717, 1.165) is 22.8 Å². The number of halogens is 2. The minimum absolute atomic E-state index is 0.105. The number of pyridine rings is 2. The number of H-pyrrole nitrogens is 2. The van der Waals surface area contributed by atoms with Crippen LogP contribution in [0.4, 0.5) is 8.78 Å². The summed E-state index contributed by atoms with van der Waals surface area (Å²) in [6.07, 6.45) is 0.0125. The minimum Gasteiger partial charge on any atom is -0.370 e. The zero-order valence-electron chi connectivity index (χ0n) is 21.4. The van der Waals surface area contributed by atoms with Gasteiger partial charge in [-0.3, -0.25) is 9.78 Å². The molecule has 0 radical (unpaired) electrons. The second-order valence-electron chi connectivity index (χ2n) is 9.81. The van der Waals surface area contributed by atoms with E-state index in [1.165, 1.54) is 16.5 Å². The van der Waals surface area contributed by atoms with E-state index in [2.05, 4.69) is 15.2 Å². The zero-order valence-corrected chi connectivity index (χ0v) is 21.4. The largest absolute Gasteiger partial charge is 0.370 e. The van der Waals surface area contributed by atoms with E-state index in [9.17, 15) is 18.4 Å². The molecule has 4 heterocycles. The van der Waals surface area contributed by atoms with Crippen LogP contribution in [0, 0.1) is 18.6 Å². The molecule has 0 aliphatic rings. The molecule has 8 nitrogen and oxygen atoms in total. The Kier molecular flexibility index (Phi) is 6.22. The van der Waals surface area contributed by atoms with Crippen molar-refractivity contribution in [2.24, 2.45) is 5.73 Å². The molecule has 4 N–H and O–H groups in total. The number of fused-ring (bicyclic) bond motifs is 2. The smallest absolute Gasteiger partial charge is 0.347 e. The van der Waals surface area contributed by atoms with Crippen LogP contribution in [-0.2, 0) is 11.2 Å². The number of hydrogen-bond donors (Lipinski definition) is 3.